The number of aldehydes is 1. The lowest BCUT2D eigenvalue weighted by Crippen LogP contribution is -1.99. The topological polar surface area (TPSA) is 30.0 Å². The number of hydrogen-bond donors (Lipinski definition) is 0. The number of aromatic nitrogens is 1. The third-order valence-corrected chi connectivity index (χ3v) is 2.69. The Bertz CT molecular complexity index is 316. The van der Waals surface area contributed by atoms with E-state index in [0.29, 0.717) is 16.2 Å². The highest BCUT2D eigenvalue weighted by Gasteiger charge is 2.07. The van der Waals surface area contributed by atoms with Gasteiger partial charge in [-0.05, 0) is 6.07 Å². The Labute approximate surface area is 90.4 Å². The van der Waals surface area contributed by atoms with E-state index in [-0.39, 0.29) is 5.92 Å². The lowest BCUT2D eigenvalue weighted by Gasteiger charge is -2.05. The largest absolute Gasteiger partial charge is 0.303 e. The molecule has 1 aromatic rings. The van der Waals surface area contributed by atoms with E-state index in [0.717, 1.165) is 11.8 Å². The zero-order valence-corrected chi connectivity index (χ0v) is 9.47. The highest BCUT2D eigenvalue weighted by atomic mass is 79.9. The highest BCUT2D eigenvalue weighted by Crippen LogP contribution is 2.19. The molecule has 1 heterocycles. The van der Waals surface area contributed by atoms with Crippen LogP contribution in [0.4, 0.5) is 0 Å². The molecule has 0 spiro atoms. The highest BCUT2D eigenvalue weighted by molar-refractivity contribution is 9.08. The lowest BCUT2D eigenvalue weighted by atomic mass is 10.1. The maximum absolute atomic E-state index is 10.5. The van der Waals surface area contributed by atoms with Crippen molar-refractivity contribution in [3.8, 4) is 0 Å². The molecule has 0 amide bonds. The predicted molar refractivity (Wildman–Crippen MR) is 56.4 cm³/mol. The molecule has 0 saturated carbocycles. The van der Waals surface area contributed by atoms with Crippen LogP contribution in [0.1, 0.15) is 24.1 Å². The molecule has 0 N–H and O–H groups in total. The first-order valence-electron chi connectivity index (χ1n) is 3.85. The molecule has 1 unspecified atom stereocenters. The Morgan fingerprint density at radius 1 is 1.69 bits per heavy atom. The predicted octanol–water partition coefficient (Wildman–Crippen LogP) is 2.93. The van der Waals surface area contributed by atoms with Crippen LogP contribution in [0.3, 0.4) is 0 Å². The summed E-state index contributed by atoms with van der Waals surface area (Å²) in [5.41, 5.74) is 1.65. The van der Waals surface area contributed by atoms with Gasteiger partial charge in [-0.15, -0.1) is 0 Å². The van der Waals surface area contributed by atoms with Crippen LogP contribution in [0.2, 0.25) is 5.15 Å². The van der Waals surface area contributed by atoms with Gasteiger partial charge in [0.15, 0.2) is 0 Å². The number of hydrogen-bond acceptors (Lipinski definition) is 2. The van der Waals surface area contributed by atoms with E-state index in [4.69, 9.17) is 11.6 Å². The van der Waals surface area contributed by atoms with Gasteiger partial charge in [0.05, 0.1) is 11.6 Å². The number of halogens is 2. The molecule has 0 aliphatic heterocycles. The van der Waals surface area contributed by atoms with Gasteiger partial charge in [0.25, 0.3) is 0 Å². The summed E-state index contributed by atoms with van der Waals surface area (Å²) >= 11 is 9.17. The average Bonchev–Trinajstić information content (AvgIpc) is 2.16. The summed E-state index contributed by atoms with van der Waals surface area (Å²) in [6.45, 7) is 1.79. The molecule has 0 radical (unpaired) electrons. The van der Waals surface area contributed by atoms with E-state index in [1.807, 2.05) is 12.1 Å². The Kier molecular flexibility index (Phi) is 3.88. The van der Waals surface area contributed by atoms with E-state index in [1.54, 1.807) is 6.92 Å². The van der Waals surface area contributed by atoms with Crippen LogP contribution in [0.25, 0.3) is 0 Å². The van der Waals surface area contributed by atoms with Gasteiger partial charge in [0, 0.05) is 10.9 Å². The summed E-state index contributed by atoms with van der Waals surface area (Å²) in [6.07, 6.45) is 0.854. The van der Waals surface area contributed by atoms with Crippen LogP contribution in [-0.4, -0.2) is 11.3 Å². The first kappa shape index (κ1) is 10.7. The molecule has 0 bridgehead atoms. The Balaban J connectivity index is 3.02. The second-order valence-electron chi connectivity index (χ2n) is 2.74. The summed E-state index contributed by atoms with van der Waals surface area (Å²) in [7, 11) is 0. The van der Waals surface area contributed by atoms with Crippen molar-refractivity contribution in [3.05, 3.63) is 28.5 Å². The molecule has 0 aliphatic carbocycles. The van der Waals surface area contributed by atoms with Gasteiger partial charge in [-0.1, -0.05) is 40.5 Å². The van der Waals surface area contributed by atoms with Crippen molar-refractivity contribution in [3.63, 3.8) is 0 Å². The molecule has 4 heteroatoms. The first-order valence-corrected chi connectivity index (χ1v) is 5.35. The summed E-state index contributed by atoms with van der Waals surface area (Å²) in [6, 6.07) is 3.70. The molecule has 2 nitrogen and oxygen atoms in total. The molecule has 70 valence electrons. The maximum Gasteiger partial charge on any atom is 0.133 e. The molecule has 1 aromatic heterocycles. The van der Waals surface area contributed by atoms with Crippen molar-refractivity contribution < 1.29 is 4.79 Å². The fourth-order valence-corrected chi connectivity index (χ4v) is 1.74. The van der Waals surface area contributed by atoms with E-state index in [1.165, 1.54) is 0 Å². The third-order valence-electron chi connectivity index (χ3n) is 1.76. The Morgan fingerprint density at radius 2 is 2.38 bits per heavy atom. The second-order valence-corrected chi connectivity index (χ2v) is 3.66. The van der Waals surface area contributed by atoms with Gasteiger partial charge < -0.3 is 4.79 Å². The van der Waals surface area contributed by atoms with Crippen LogP contribution in [0.15, 0.2) is 12.1 Å². The van der Waals surface area contributed by atoms with Crippen molar-refractivity contribution in [2.45, 2.75) is 18.2 Å². The van der Waals surface area contributed by atoms with Gasteiger partial charge in [-0.2, -0.15) is 0 Å². The smallest absolute Gasteiger partial charge is 0.133 e. The lowest BCUT2D eigenvalue weighted by molar-refractivity contribution is -0.108. The fraction of sp³-hybridized carbons (Fsp3) is 0.333. The molecular weight excluding hydrogens is 253 g/mol. The van der Waals surface area contributed by atoms with Gasteiger partial charge in [-0.3, -0.25) is 0 Å². The maximum atomic E-state index is 10.5. The number of carbonyl (C=O) groups excluding carboxylic acids is 1. The first-order chi connectivity index (χ1) is 6.19. The number of alkyl halides is 1. The van der Waals surface area contributed by atoms with Crippen molar-refractivity contribution >= 4 is 33.8 Å². The van der Waals surface area contributed by atoms with Gasteiger partial charge in [0.1, 0.15) is 11.4 Å². The molecule has 0 fully saturated rings. The van der Waals surface area contributed by atoms with Gasteiger partial charge in [-0.25, -0.2) is 4.98 Å². The van der Waals surface area contributed by atoms with Crippen molar-refractivity contribution in [2.24, 2.45) is 0 Å². The second kappa shape index (κ2) is 4.72. The van der Waals surface area contributed by atoms with Crippen molar-refractivity contribution in [2.75, 3.05) is 0 Å². The van der Waals surface area contributed by atoms with E-state index >= 15 is 0 Å². The van der Waals surface area contributed by atoms with Crippen molar-refractivity contribution in [1.82, 2.24) is 4.98 Å². The van der Waals surface area contributed by atoms with E-state index in [9.17, 15) is 4.79 Å². The van der Waals surface area contributed by atoms with Gasteiger partial charge in [0.2, 0.25) is 0 Å². The summed E-state index contributed by atoms with van der Waals surface area (Å²) < 4.78 is 0. The fourth-order valence-electron chi connectivity index (χ4n) is 0.900. The minimum atomic E-state index is -0.193. The van der Waals surface area contributed by atoms with E-state index < -0.39 is 0 Å². The summed E-state index contributed by atoms with van der Waals surface area (Å²) in [5.74, 6) is -0.193. The standard InChI is InChI=1S/C9H9BrClNO/c1-6(5-13)8-3-2-7(4-10)9(11)12-8/h2-3,5-6H,4H2,1H3. The number of carbonyl (C=O) groups is 1. The number of rotatable bonds is 3. The van der Waals surface area contributed by atoms with Crippen LogP contribution in [0.5, 0.6) is 0 Å². The van der Waals surface area contributed by atoms with E-state index in [2.05, 4.69) is 20.9 Å². The Hall–Kier alpha value is -0.410. The normalized spacial score (nSPS) is 12.5. The molecular formula is C9H9BrClNO. The number of pyridine rings is 1. The van der Waals surface area contributed by atoms with Crippen LogP contribution >= 0.6 is 27.5 Å². The monoisotopic (exact) mass is 261 g/mol. The zero-order chi connectivity index (χ0) is 9.84. The number of nitrogens with zero attached hydrogens (tertiary/aromatic N) is 1. The zero-order valence-electron chi connectivity index (χ0n) is 7.13. The van der Waals surface area contributed by atoms with Crippen LogP contribution in [0, 0.1) is 0 Å². The molecule has 0 aliphatic rings. The summed E-state index contributed by atoms with van der Waals surface area (Å²) in [4.78, 5) is 14.6. The summed E-state index contributed by atoms with van der Waals surface area (Å²) in [5, 5.41) is 1.14. The van der Waals surface area contributed by atoms with Crippen molar-refractivity contribution in [1.29, 1.82) is 0 Å². The third kappa shape index (κ3) is 2.51. The molecule has 13 heavy (non-hydrogen) atoms. The SMILES string of the molecule is CC(C=O)c1ccc(CBr)c(Cl)n1. The van der Waals surface area contributed by atoms with Crippen LogP contribution < -0.4 is 0 Å². The minimum Gasteiger partial charge on any atom is -0.303 e. The molecule has 1 rings (SSSR count). The molecule has 0 aromatic carbocycles. The Morgan fingerprint density at radius 3 is 2.85 bits per heavy atom. The molecule has 1 atom stereocenters. The van der Waals surface area contributed by atoms with Gasteiger partial charge >= 0.3 is 0 Å². The average molecular weight is 263 g/mol. The quantitative estimate of drug-likeness (QED) is 0.476. The minimum absolute atomic E-state index is 0.193. The molecule has 0 saturated heterocycles. The van der Waals surface area contributed by atoms with Crippen LogP contribution in [-0.2, 0) is 10.1 Å².